The average molecular weight is 431 g/mol. The van der Waals surface area contributed by atoms with E-state index in [1.54, 1.807) is 30.5 Å². The third-order valence-electron chi connectivity index (χ3n) is 3.93. The van der Waals surface area contributed by atoms with Gasteiger partial charge in [-0.25, -0.2) is 4.98 Å². The number of amides is 1. The summed E-state index contributed by atoms with van der Waals surface area (Å²) in [6, 6.07) is 13.6. The van der Waals surface area contributed by atoms with Crippen LogP contribution in [0.25, 0.3) is 16.9 Å². The Labute approximate surface area is 177 Å². The highest BCUT2D eigenvalue weighted by atomic mass is 35.5. The van der Waals surface area contributed by atoms with E-state index in [0.717, 1.165) is 5.69 Å². The van der Waals surface area contributed by atoms with Gasteiger partial charge < -0.3 is 5.32 Å². The van der Waals surface area contributed by atoms with Crippen LogP contribution < -0.4 is 5.32 Å². The molecule has 9 heteroatoms. The van der Waals surface area contributed by atoms with Gasteiger partial charge >= 0.3 is 0 Å². The van der Waals surface area contributed by atoms with Crippen molar-refractivity contribution < 1.29 is 9.72 Å². The molecule has 0 saturated heterocycles. The van der Waals surface area contributed by atoms with Gasteiger partial charge in [0.05, 0.1) is 22.6 Å². The number of carbonyl (C=O) groups is 1. The minimum Gasteiger partial charge on any atom is -0.353 e. The van der Waals surface area contributed by atoms with E-state index in [2.05, 4.69) is 10.3 Å². The number of halogens is 1. The highest BCUT2D eigenvalue weighted by Crippen LogP contribution is 2.32. The summed E-state index contributed by atoms with van der Waals surface area (Å²) in [5, 5.41) is 15.2. The maximum atomic E-state index is 12.1. The molecule has 29 heavy (non-hydrogen) atoms. The molecule has 0 atom stereocenters. The van der Waals surface area contributed by atoms with Crippen molar-refractivity contribution in [2.75, 3.05) is 5.75 Å². The van der Waals surface area contributed by atoms with Gasteiger partial charge in [-0.2, -0.15) is 0 Å². The summed E-state index contributed by atoms with van der Waals surface area (Å²) >= 11 is 7.46. The Morgan fingerprint density at radius 1 is 1.28 bits per heavy atom. The number of nitrogens with one attached hydrogen (secondary N) is 1. The minimum atomic E-state index is -0.435. The summed E-state index contributed by atoms with van der Waals surface area (Å²) in [7, 11) is 0. The molecule has 0 aliphatic rings. The van der Waals surface area contributed by atoms with Crippen molar-refractivity contribution in [3.8, 4) is 16.9 Å². The fourth-order valence-corrected chi connectivity index (χ4v) is 3.77. The lowest BCUT2D eigenvalue weighted by Gasteiger charge is -2.13. The predicted octanol–water partition coefficient (Wildman–Crippen LogP) is 4.72. The Hall–Kier alpha value is -2.84. The normalized spacial score (nSPS) is 10.9. The summed E-state index contributed by atoms with van der Waals surface area (Å²) in [6.07, 6.45) is 1.64. The number of benzene rings is 2. The van der Waals surface area contributed by atoms with Crippen molar-refractivity contribution in [2.45, 2.75) is 25.0 Å². The number of thioether (sulfide) groups is 1. The van der Waals surface area contributed by atoms with Gasteiger partial charge in [0.25, 0.3) is 5.69 Å². The summed E-state index contributed by atoms with van der Waals surface area (Å²) in [4.78, 5) is 27.3. The second kappa shape index (κ2) is 9.11. The van der Waals surface area contributed by atoms with Gasteiger partial charge in [0, 0.05) is 34.4 Å². The number of hydrogen-bond donors (Lipinski definition) is 1. The molecule has 0 aliphatic heterocycles. The lowest BCUT2D eigenvalue weighted by Crippen LogP contribution is -2.31. The van der Waals surface area contributed by atoms with Crippen LogP contribution in [0.2, 0.25) is 5.02 Å². The van der Waals surface area contributed by atoms with Crippen LogP contribution in [0.1, 0.15) is 13.8 Å². The molecule has 0 radical (unpaired) electrons. The molecule has 0 bridgehead atoms. The Balaban J connectivity index is 2.03. The van der Waals surface area contributed by atoms with Crippen LogP contribution in [0.3, 0.4) is 0 Å². The van der Waals surface area contributed by atoms with E-state index in [1.807, 2.05) is 30.5 Å². The molecule has 0 aliphatic carbocycles. The van der Waals surface area contributed by atoms with E-state index in [-0.39, 0.29) is 23.4 Å². The first kappa shape index (κ1) is 20.9. The van der Waals surface area contributed by atoms with Crippen LogP contribution in [0.4, 0.5) is 5.69 Å². The zero-order valence-corrected chi connectivity index (χ0v) is 17.4. The monoisotopic (exact) mass is 430 g/mol. The predicted molar refractivity (Wildman–Crippen MR) is 115 cm³/mol. The van der Waals surface area contributed by atoms with Crippen LogP contribution in [0, 0.1) is 10.1 Å². The zero-order valence-electron chi connectivity index (χ0n) is 15.8. The molecular formula is C20H19ClN4O3S. The molecule has 3 aromatic rings. The number of imidazole rings is 1. The Morgan fingerprint density at radius 3 is 2.72 bits per heavy atom. The molecule has 3 rings (SSSR count). The molecule has 0 saturated carbocycles. The maximum absolute atomic E-state index is 12.1. The number of hydrogen-bond acceptors (Lipinski definition) is 5. The highest BCUT2D eigenvalue weighted by Gasteiger charge is 2.17. The van der Waals surface area contributed by atoms with Crippen molar-refractivity contribution >= 4 is 35.0 Å². The molecule has 1 heterocycles. The largest absolute Gasteiger partial charge is 0.353 e. The molecule has 1 amide bonds. The number of aromatic nitrogens is 2. The first-order valence-corrected chi connectivity index (χ1v) is 10.2. The van der Waals surface area contributed by atoms with E-state index in [4.69, 9.17) is 11.6 Å². The second-order valence-corrected chi connectivity index (χ2v) is 7.94. The van der Waals surface area contributed by atoms with Gasteiger partial charge in [0.2, 0.25) is 5.91 Å². The number of non-ortho nitro benzene ring substituents is 1. The van der Waals surface area contributed by atoms with E-state index >= 15 is 0 Å². The third kappa shape index (κ3) is 5.16. The summed E-state index contributed by atoms with van der Waals surface area (Å²) in [5.74, 6) is 0.104. The Bertz CT molecular complexity index is 1050. The standard InChI is InChI=1S/C20H19ClN4O3S/c1-13(2)23-19(26)12-29-20-22-11-18(14-5-3-8-17(9-14)25(27)28)24(20)16-7-4-6-15(21)10-16/h3-11,13H,12H2,1-2H3,(H,23,26). The number of carbonyl (C=O) groups excluding carboxylic acids is 1. The quantitative estimate of drug-likeness (QED) is 0.333. The number of nitro benzene ring substituents is 1. The Morgan fingerprint density at radius 2 is 2.03 bits per heavy atom. The van der Waals surface area contributed by atoms with Crippen LogP contribution in [-0.4, -0.2) is 32.2 Å². The van der Waals surface area contributed by atoms with Gasteiger partial charge in [-0.05, 0) is 32.0 Å². The van der Waals surface area contributed by atoms with Gasteiger partial charge in [0.1, 0.15) is 0 Å². The molecule has 150 valence electrons. The molecule has 0 fully saturated rings. The first-order chi connectivity index (χ1) is 13.8. The lowest BCUT2D eigenvalue weighted by molar-refractivity contribution is -0.384. The van der Waals surface area contributed by atoms with Crippen LogP contribution in [-0.2, 0) is 4.79 Å². The maximum Gasteiger partial charge on any atom is 0.270 e. The smallest absolute Gasteiger partial charge is 0.270 e. The van der Waals surface area contributed by atoms with Crippen LogP contribution in [0.5, 0.6) is 0 Å². The topological polar surface area (TPSA) is 90.1 Å². The molecule has 2 aromatic carbocycles. The van der Waals surface area contributed by atoms with Crippen molar-refractivity contribution in [3.63, 3.8) is 0 Å². The van der Waals surface area contributed by atoms with Crippen LogP contribution >= 0.6 is 23.4 Å². The van der Waals surface area contributed by atoms with E-state index in [0.29, 0.717) is 21.4 Å². The molecule has 0 unspecified atom stereocenters. The van der Waals surface area contributed by atoms with E-state index < -0.39 is 4.92 Å². The van der Waals surface area contributed by atoms with Gasteiger partial charge in [-0.1, -0.05) is 41.6 Å². The number of nitro groups is 1. The molecule has 1 N–H and O–H groups in total. The van der Waals surface area contributed by atoms with E-state index in [9.17, 15) is 14.9 Å². The third-order valence-corrected chi connectivity index (χ3v) is 5.12. The van der Waals surface area contributed by atoms with E-state index in [1.165, 1.54) is 23.9 Å². The fourth-order valence-electron chi connectivity index (χ4n) is 2.78. The van der Waals surface area contributed by atoms with Crippen molar-refractivity contribution in [1.29, 1.82) is 0 Å². The van der Waals surface area contributed by atoms with Crippen molar-refractivity contribution in [1.82, 2.24) is 14.9 Å². The fraction of sp³-hybridized carbons (Fsp3) is 0.200. The molecule has 7 nitrogen and oxygen atoms in total. The van der Waals surface area contributed by atoms with Crippen molar-refractivity contribution in [3.05, 3.63) is 69.9 Å². The van der Waals surface area contributed by atoms with Gasteiger partial charge in [-0.3, -0.25) is 19.5 Å². The summed E-state index contributed by atoms with van der Waals surface area (Å²) < 4.78 is 1.85. The lowest BCUT2D eigenvalue weighted by atomic mass is 10.1. The molecule has 0 spiro atoms. The summed E-state index contributed by atoms with van der Waals surface area (Å²) in [6.45, 7) is 3.80. The molecule has 1 aromatic heterocycles. The Kier molecular flexibility index (Phi) is 6.56. The summed E-state index contributed by atoms with van der Waals surface area (Å²) in [5.41, 5.74) is 2.06. The number of nitrogens with zero attached hydrogens (tertiary/aromatic N) is 3. The highest BCUT2D eigenvalue weighted by molar-refractivity contribution is 7.99. The molecular weight excluding hydrogens is 412 g/mol. The zero-order chi connectivity index (χ0) is 21.0. The van der Waals surface area contributed by atoms with Crippen molar-refractivity contribution in [2.24, 2.45) is 0 Å². The van der Waals surface area contributed by atoms with Crippen LogP contribution in [0.15, 0.2) is 59.9 Å². The second-order valence-electron chi connectivity index (χ2n) is 6.56. The number of rotatable bonds is 7. The first-order valence-electron chi connectivity index (χ1n) is 8.86. The minimum absolute atomic E-state index is 0.00754. The van der Waals surface area contributed by atoms with Gasteiger partial charge in [-0.15, -0.1) is 0 Å². The van der Waals surface area contributed by atoms with Gasteiger partial charge in [0.15, 0.2) is 5.16 Å². The SMILES string of the molecule is CC(C)NC(=O)CSc1ncc(-c2cccc([N+](=O)[O-])c2)n1-c1cccc(Cl)c1. The average Bonchev–Trinajstić information content (AvgIpc) is 3.10.